The van der Waals surface area contributed by atoms with Gasteiger partial charge in [0, 0.05) is 12.4 Å². The third kappa shape index (κ3) is 3.53. The van der Waals surface area contributed by atoms with Crippen LogP contribution in [-0.2, 0) is 17.5 Å². The van der Waals surface area contributed by atoms with Gasteiger partial charge in [-0.2, -0.15) is 13.2 Å². The first-order valence-corrected chi connectivity index (χ1v) is 5.57. The number of carbonyl (C=O) groups excluding carboxylic acids is 1. The molecule has 0 saturated heterocycles. The predicted molar refractivity (Wildman–Crippen MR) is 62.6 cm³/mol. The number of nitrogens with zero attached hydrogens (tertiary/aromatic N) is 2. The average Bonchev–Trinajstić information content (AvgIpc) is 2.45. The molecule has 1 aromatic heterocycles. The summed E-state index contributed by atoms with van der Waals surface area (Å²) in [6, 6.07) is 8.90. The lowest BCUT2D eigenvalue weighted by atomic mass is 10.2. The second-order valence-electron chi connectivity index (χ2n) is 3.85. The van der Waals surface area contributed by atoms with E-state index in [9.17, 15) is 18.0 Å². The minimum absolute atomic E-state index is 0.0285. The lowest BCUT2D eigenvalue weighted by molar-refractivity contribution is -0.145. The number of aromatic nitrogens is 2. The maximum absolute atomic E-state index is 12.2. The van der Waals surface area contributed by atoms with E-state index in [1.54, 1.807) is 24.3 Å². The van der Waals surface area contributed by atoms with Crippen LogP contribution in [0, 0.1) is 0 Å². The van der Waals surface area contributed by atoms with Crippen molar-refractivity contribution in [3.63, 3.8) is 0 Å². The molecule has 0 N–H and O–H groups in total. The highest BCUT2D eigenvalue weighted by molar-refractivity contribution is 5.88. The summed E-state index contributed by atoms with van der Waals surface area (Å²) < 4.78 is 41.7. The second kappa shape index (κ2) is 5.68. The van der Waals surface area contributed by atoms with Gasteiger partial charge >= 0.3 is 12.1 Å². The van der Waals surface area contributed by atoms with Gasteiger partial charge < -0.3 is 4.74 Å². The SMILES string of the molecule is O=C(OCc1ccccc1)c1cnc(C(F)(F)F)nc1. The van der Waals surface area contributed by atoms with Crippen LogP contribution in [0.3, 0.4) is 0 Å². The minimum atomic E-state index is -4.63. The molecule has 0 unspecified atom stereocenters. The Hall–Kier alpha value is -2.44. The fourth-order valence-electron chi connectivity index (χ4n) is 1.39. The van der Waals surface area contributed by atoms with Crippen LogP contribution >= 0.6 is 0 Å². The van der Waals surface area contributed by atoms with E-state index in [-0.39, 0.29) is 12.2 Å². The Morgan fingerprint density at radius 3 is 2.25 bits per heavy atom. The Balaban J connectivity index is 1.99. The number of esters is 1. The molecule has 1 heterocycles. The lowest BCUT2D eigenvalue weighted by Gasteiger charge is -2.06. The molecule has 1 aromatic carbocycles. The van der Waals surface area contributed by atoms with Gasteiger partial charge in [0.1, 0.15) is 6.61 Å². The topological polar surface area (TPSA) is 52.1 Å². The van der Waals surface area contributed by atoms with E-state index in [4.69, 9.17) is 4.74 Å². The largest absolute Gasteiger partial charge is 0.457 e. The summed E-state index contributed by atoms with van der Waals surface area (Å²) in [4.78, 5) is 17.8. The second-order valence-corrected chi connectivity index (χ2v) is 3.85. The molecule has 20 heavy (non-hydrogen) atoms. The third-order valence-electron chi connectivity index (χ3n) is 2.35. The molecule has 4 nitrogen and oxygen atoms in total. The molecular weight excluding hydrogens is 273 g/mol. The Kier molecular flexibility index (Phi) is 3.97. The van der Waals surface area contributed by atoms with Crippen molar-refractivity contribution in [1.82, 2.24) is 9.97 Å². The molecule has 104 valence electrons. The molecule has 0 fully saturated rings. The third-order valence-corrected chi connectivity index (χ3v) is 2.35. The summed E-state index contributed by atoms with van der Waals surface area (Å²) in [5.74, 6) is -2.07. The Morgan fingerprint density at radius 2 is 1.70 bits per heavy atom. The van der Waals surface area contributed by atoms with Crippen molar-refractivity contribution < 1.29 is 22.7 Å². The lowest BCUT2D eigenvalue weighted by Crippen LogP contribution is -2.13. The number of hydrogen-bond acceptors (Lipinski definition) is 4. The van der Waals surface area contributed by atoms with Crippen molar-refractivity contribution in [2.75, 3.05) is 0 Å². The molecule has 0 aliphatic heterocycles. The van der Waals surface area contributed by atoms with Crippen LogP contribution in [-0.4, -0.2) is 15.9 Å². The molecule has 0 saturated carbocycles. The van der Waals surface area contributed by atoms with Crippen LogP contribution in [0.25, 0.3) is 0 Å². The first kappa shape index (κ1) is 14.0. The Bertz CT molecular complexity index is 583. The smallest absolute Gasteiger partial charge is 0.451 e. The number of rotatable bonds is 3. The highest BCUT2D eigenvalue weighted by Gasteiger charge is 2.34. The van der Waals surface area contributed by atoms with E-state index in [0.717, 1.165) is 18.0 Å². The molecule has 0 radical (unpaired) electrons. The molecule has 2 rings (SSSR count). The van der Waals surface area contributed by atoms with E-state index in [0.29, 0.717) is 0 Å². The molecular formula is C13H9F3N2O2. The van der Waals surface area contributed by atoms with Crippen LogP contribution in [0.5, 0.6) is 0 Å². The van der Waals surface area contributed by atoms with E-state index >= 15 is 0 Å². The summed E-state index contributed by atoms with van der Waals surface area (Å²) in [7, 11) is 0. The van der Waals surface area contributed by atoms with Gasteiger partial charge in [0.05, 0.1) is 5.56 Å². The summed E-state index contributed by atoms with van der Waals surface area (Å²) in [5.41, 5.74) is 0.641. The Labute approximate surface area is 112 Å². The zero-order valence-corrected chi connectivity index (χ0v) is 10.1. The number of carbonyl (C=O) groups is 1. The van der Waals surface area contributed by atoms with Crippen LogP contribution in [0.15, 0.2) is 42.7 Å². The van der Waals surface area contributed by atoms with Crippen molar-refractivity contribution in [2.24, 2.45) is 0 Å². The fourth-order valence-corrected chi connectivity index (χ4v) is 1.39. The van der Waals surface area contributed by atoms with Crippen molar-refractivity contribution in [2.45, 2.75) is 12.8 Å². The van der Waals surface area contributed by atoms with Crippen molar-refractivity contribution in [3.05, 3.63) is 59.7 Å². The van der Waals surface area contributed by atoms with Crippen molar-refractivity contribution in [3.8, 4) is 0 Å². The molecule has 0 bridgehead atoms. The summed E-state index contributed by atoms with van der Waals surface area (Å²) >= 11 is 0. The highest BCUT2D eigenvalue weighted by atomic mass is 19.4. The molecule has 0 amide bonds. The predicted octanol–water partition coefficient (Wildman–Crippen LogP) is 2.85. The van der Waals surface area contributed by atoms with E-state index < -0.39 is 18.0 Å². The van der Waals surface area contributed by atoms with Crippen LogP contribution in [0.1, 0.15) is 21.7 Å². The number of halogens is 3. The number of hydrogen-bond donors (Lipinski definition) is 0. The quantitative estimate of drug-likeness (QED) is 0.812. The zero-order chi connectivity index (χ0) is 14.6. The van der Waals surface area contributed by atoms with E-state index in [1.165, 1.54) is 0 Å². The van der Waals surface area contributed by atoms with Crippen LogP contribution in [0.4, 0.5) is 13.2 Å². The van der Waals surface area contributed by atoms with Gasteiger partial charge in [-0.05, 0) is 5.56 Å². The standard InChI is InChI=1S/C13H9F3N2O2/c14-13(15,16)12-17-6-10(7-18-12)11(19)20-8-9-4-2-1-3-5-9/h1-7H,8H2. The van der Waals surface area contributed by atoms with Gasteiger partial charge in [-0.15, -0.1) is 0 Å². The molecule has 0 atom stereocenters. The summed E-state index contributed by atoms with van der Waals surface area (Å²) in [5, 5.41) is 0. The van der Waals surface area contributed by atoms with Crippen LogP contribution < -0.4 is 0 Å². The zero-order valence-electron chi connectivity index (χ0n) is 10.1. The maximum Gasteiger partial charge on any atom is 0.451 e. The van der Waals surface area contributed by atoms with Gasteiger partial charge in [-0.1, -0.05) is 30.3 Å². The van der Waals surface area contributed by atoms with Gasteiger partial charge in [-0.25, -0.2) is 14.8 Å². The number of ether oxygens (including phenoxy) is 1. The molecule has 7 heteroatoms. The monoisotopic (exact) mass is 282 g/mol. The van der Waals surface area contributed by atoms with Crippen molar-refractivity contribution in [1.29, 1.82) is 0 Å². The minimum Gasteiger partial charge on any atom is -0.457 e. The normalized spacial score (nSPS) is 11.2. The summed E-state index contributed by atoms with van der Waals surface area (Å²) in [6.45, 7) is 0.0285. The van der Waals surface area contributed by atoms with Crippen molar-refractivity contribution >= 4 is 5.97 Å². The fraction of sp³-hybridized carbons (Fsp3) is 0.154. The number of benzene rings is 1. The van der Waals surface area contributed by atoms with Gasteiger partial charge in [0.15, 0.2) is 0 Å². The highest BCUT2D eigenvalue weighted by Crippen LogP contribution is 2.25. The first-order chi connectivity index (χ1) is 9.47. The number of alkyl halides is 3. The molecule has 0 spiro atoms. The maximum atomic E-state index is 12.2. The van der Waals surface area contributed by atoms with Gasteiger partial charge in [0.2, 0.25) is 5.82 Å². The summed E-state index contributed by atoms with van der Waals surface area (Å²) in [6.07, 6.45) is -3.04. The Morgan fingerprint density at radius 1 is 1.10 bits per heavy atom. The van der Waals surface area contributed by atoms with Crippen LogP contribution in [0.2, 0.25) is 0 Å². The van der Waals surface area contributed by atoms with Gasteiger partial charge in [-0.3, -0.25) is 0 Å². The molecule has 2 aromatic rings. The molecule has 0 aliphatic carbocycles. The van der Waals surface area contributed by atoms with E-state index in [1.807, 2.05) is 6.07 Å². The average molecular weight is 282 g/mol. The van der Waals surface area contributed by atoms with E-state index in [2.05, 4.69) is 9.97 Å². The molecule has 0 aliphatic rings. The van der Waals surface area contributed by atoms with Gasteiger partial charge in [0.25, 0.3) is 0 Å². The first-order valence-electron chi connectivity index (χ1n) is 5.57.